The van der Waals surface area contributed by atoms with Gasteiger partial charge in [-0.15, -0.1) is 0 Å². The number of piperidine rings is 1. The van der Waals surface area contributed by atoms with Crippen LogP contribution in [0.15, 0.2) is 35.3 Å². The molecular formula is C20H34N4O2. The van der Waals surface area contributed by atoms with Gasteiger partial charge in [0.25, 0.3) is 0 Å². The van der Waals surface area contributed by atoms with Crippen molar-refractivity contribution < 1.29 is 9.47 Å². The lowest BCUT2D eigenvalue weighted by Crippen LogP contribution is -2.48. The van der Waals surface area contributed by atoms with Crippen LogP contribution >= 0.6 is 0 Å². The van der Waals surface area contributed by atoms with Gasteiger partial charge in [0.1, 0.15) is 0 Å². The predicted octanol–water partition coefficient (Wildman–Crippen LogP) is 1.87. The summed E-state index contributed by atoms with van der Waals surface area (Å²) in [7, 11) is 1.68. The molecule has 146 valence electrons. The van der Waals surface area contributed by atoms with E-state index in [2.05, 4.69) is 57.8 Å². The maximum atomic E-state index is 5.47. The van der Waals surface area contributed by atoms with Crippen LogP contribution in [-0.2, 0) is 16.0 Å². The number of ether oxygens (including phenoxy) is 2. The summed E-state index contributed by atoms with van der Waals surface area (Å²) in [5.74, 6) is 0.893. The van der Waals surface area contributed by atoms with Crippen LogP contribution in [0.1, 0.15) is 25.3 Å². The molecule has 1 aliphatic heterocycles. The molecule has 2 N–H and O–H groups in total. The van der Waals surface area contributed by atoms with Crippen molar-refractivity contribution >= 4 is 5.96 Å². The van der Waals surface area contributed by atoms with E-state index in [0.29, 0.717) is 32.4 Å². The highest BCUT2D eigenvalue weighted by Crippen LogP contribution is 2.13. The summed E-state index contributed by atoms with van der Waals surface area (Å²) < 4.78 is 10.4. The van der Waals surface area contributed by atoms with E-state index in [-0.39, 0.29) is 0 Å². The predicted molar refractivity (Wildman–Crippen MR) is 107 cm³/mol. The van der Waals surface area contributed by atoms with Gasteiger partial charge in [0.2, 0.25) is 0 Å². The Morgan fingerprint density at radius 3 is 2.62 bits per heavy atom. The van der Waals surface area contributed by atoms with E-state index in [4.69, 9.17) is 9.47 Å². The Hall–Kier alpha value is -1.63. The molecule has 0 saturated carbocycles. The zero-order chi connectivity index (χ0) is 18.5. The van der Waals surface area contributed by atoms with Crippen molar-refractivity contribution in [1.29, 1.82) is 0 Å². The second-order valence-corrected chi connectivity index (χ2v) is 6.55. The standard InChI is InChI=1S/C20H34N4O2/c1-3-21-20(22-11-14-26-16-15-25-2)23-19-9-12-24(13-10-19)17-18-7-5-4-6-8-18/h4-8,19H,3,9-17H2,1-2H3,(H2,21,22,23). The van der Waals surface area contributed by atoms with Crippen LogP contribution in [0.5, 0.6) is 0 Å². The second kappa shape index (κ2) is 12.7. The number of nitrogens with one attached hydrogen (secondary N) is 2. The van der Waals surface area contributed by atoms with Gasteiger partial charge in [-0.25, -0.2) is 0 Å². The molecular weight excluding hydrogens is 328 g/mol. The number of rotatable bonds is 10. The number of methoxy groups -OCH3 is 1. The van der Waals surface area contributed by atoms with Crippen molar-refractivity contribution in [2.24, 2.45) is 4.99 Å². The average molecular weight is 363 g/mol. The fourth-order valence-electron chi connectivity index (χ4n) is 3.06. The number of guanidine groups is 1. The quantitative estimate of drug-likeness (QED) is 0.378. The fraction of sp³-hybridized carbons (Fsp3) is 0.650. The Kier molecular flexibility index (Phi) is 10.1. The average Bonchev–Trinajstić information content (AvgIpc) is 2.67. The minimum Gasteiger partial charge on any atom is -0.382 e. The molecule has 1 aromatic carbocycles. The number of hydrogen-bond donors (Lipinski definition) is 2. The van der Waals surface area contributed by atoms with E-state index in [1.54, 1.807) is 7.11 Å². The van der Waals surface area contributed by atoms with Crippen molar-refractivity contribution in [3.63, 3.8) is 0 Å². The number of likely N-dealkylation sites (tertiary alicyclic amines) is 1. The molecule has 2 rings (SSSR count). The molecule has 1 aliphatic rings. The molecule has 6 heteroatoms. The first-order chi connectivity index (χ1) is 12.8. The summed E-state index contributed by atoms with van der Waals surface area (Å²) in [6, 6.07) is 11.2. The summed E-state index contributed by atoms with van der Waals surface area (Å²) in [4.78, 5) is 7.14. The van der Waals surface area contributed by atoms with Gasteiger partial charge in [0.15, 0.2) is 5.96 Å². The van der Waals surface area contributed by atoms with Crippen molar-refractivity contribution in [1.82, 2.24) is 15.5 Å². The summed E-state index contributed by atoms with van der Waals surface area (Å²) in [6.45, 7) is 8.76. The lowest BCUT2D eigenvalue weighted by atomic mass is 10.0. The van der Waals surface area contributed by atoms with Crippen molar-refractivity contribution in [2.45, 2.75) is 32.4 Å². The highest BCUT2D eigenvalue weighted by Gasteiger charge is 2.19. The van der Waals surface area contributed by atoms with E-state index < -0.39 is 0 Å². The van der Waals surface area contributed by atoms with Crippen molar-refractivity contribution in [3.05, 3.63) is 35.9 Å². The van der Waals surface area contributed by atoms with Crippen LogP contribution in [0.3, 0.4) is 0 Å². The Morgan fingerprint density at radius 2 is 1.92 bits per heavy atom. The zero-order valence-corrected chi connectivity index (χ0v) is 16.2. The maximum Gasteiger partial charge on any atom is 0.191 e. The highest BCUT2D eigenvalue weighted by molar-refractivity contribution is 5.80. The van der Waals surface area contributed by atoms with Crippen LogP contribution in [-0.4, -0.2) is 70.0 Å². The zero-order valence-electron chi connectivity index (χ0n) is 16.2. The Labute approximate surface area is 158 Å². The van der Waals surface area contributed by atoms with Crippen molar-refractivity contribution in [2.75, 3.05) is 53.1 Å². The minimum absolute atomic E-state index is 0.481. The first-order valence-electron chi connectivity index (χ1n) is 9.69. The van der Waals surface area contributed by atoms with Gasteiger partial charge < -0.3 is 20.1 Å². The third-order valence-corrected chi connectivity index (χ3v) is 4.46. The molecule has 0 atom stereocenters. The van der Waals surface area contributed by atoms with E-state index in [0.717, 1.165) is 45.0 Å². The summed E-state index contributed by atoms with van der Waals surface area (Å²) in [5.41, 5.74) is 1.39. The SMILES string of the molecule is CCNC(=NCCOCCOC)NC1CCN(Cc2ccccc2)CC1. The lowest BCUT2D eigenvalue weighted by molar-refractivity contribution is 0.0748. The Balaban J connectivity index is 1.69. The molecule has 1 heterocycles. The smallest absolute Gasteiger partial charge is 0.191 e. The fourth-order valence-corrected chi connectivity index (χ4v) is 3.06. The molecule has 1 saturated heterocycles. The van der Waals surface area contributed by atoms with Crippen LogP contribution in [0.2, 0.25) is 0 Å². The molecule has 0 aliphatic carbocycles. The lowest BCUT2D eigenvalue weighted by Gasteiger charge is -2.33. The van der Waals surface area contributed by atoms with Gasteiger partial charge in [0.05, 0.1) is 26.4 Å². The van der Waals surface area contributed by atoms with E-state index in [1.807, 2.05) is 0 Å². The third-order valence-electron chi connectivity index (χ3n) is 4.46. The highest BCUT2D eigenvalue weighted by atomic mass is 16.5. The van der Waals surface area contributed by atoms with E-state index >= 15 is 0 Å². The molecule has 0 spiro atoms. The first kappa shape index (κ1) is 20.7. The number of nitrogens with zero attached hydrogens (tertiary/aromatic N) is 2. The van der Waals surface area contributed by atoms with E-state index in [9.17, 15) is 0 Å². The van der Waals surface area contributed by atoms with Crippen LogP contribution in [0.4, 0.5) is 0 Å². The number of aliphatic imine (C=N–C) groups is 1. The molecule has 0 aromatic heterocycles. The van der Waals surface area contributed by atoms with Crippen molar-refractivity contribution in [3.8, 4) is 0 Å². The normalized spacial score (nSPS) is 16.6. The van der Waals surface area contributed by atoms with Crippen LogP contribution in [0.25, 0.3) is 0 Å². The molecule has 0 unspecified atom stereocenters. The monoisotopic (exact) mass is 362 g/mol. The summed E-state index contributed by atoms with van der Waals surface area (Å²) >= 11 is 0. The molecule has 26 heavy (non-hydrogen) atoms. The van der Waals surface area contributed by atoms with Crippen LogP contribution < -0.4 is 10.6 Å². The van der Waals surface area contributed by atoms with Gasteiger partial charge in [-0.05, 0) is 25.3 Å². The molecule has 6 nitrogen and oxygen atoms in total. The number of hydrogen-bond acceptors (Lipinski definition) is 4. The molecule has 1 fully saturated rings. The summed E-state index contributed by atoms with van der Waals surface area (Å²) in [5, 5.41) is 6.90. The van der Waals surface area contributed by atoms with Gasteiger partial charge in [-0.2, -0.15) is 0 Å². The minimum atomic E-state index is 0.481. The molecule has 1 aromatic rings. The topological polar surface area (TPSA) is 58.1 Å². The van der Waals surface area contributed by atoms with Gasteiger partial charge >= 0.3 is 0 Å². The molecule has 0 bridgehead atoms. The van der Waals surface area contributed by atoms with Gasteiger partial charge in [-0.1, -0.05) is 30.3 Å². The summed E-state index contributed by atoms with van der Waals surface area (Å²) in [6.07, 6.45) is 2.28. The number of benzene rings is 1. The van der Waals surface area contributed by atoms with Gasteiger partial charge in [0, 0.05) is 39.3 Å². The Morgan fingerprint density at radius 1 is 1.15 bits per heavy atom. The first-order valence-corrected chi connectivity index (χ1v) is 9.69. The largest absolute Gasteiger partial charge is 0.382 e. The molecule has 0 amide bonds. The van der Waals surface area contributed by atoms with E-state index in [1.165, 1.54) is 5.56 Å². The van der Waals surface area contributed by atoms with Gasteiger partial charge in [-0.3, -0.25) is 9.89 Å². The Bertz CT molecular complexity index is 502. The maximum absolute atomic E-state index is 5.47. The third kappa shape index (κ3) is 8.17. The second-order valence-electron chi connectivity index (χ2n) is 6.55. The van der Waals surface area contributed by atoms with Crippen LogP contribution in [0, 0.1) is 0 Å². The molecule has 0 radical (unpaired) electrons.